The molecule has 1 aromatic rings. The first kappa shape index (κ1) is 15.5. The molecule has 4 amide bonds. The van der Waals surface area contributed by atoms with Gasteiger partial charge in [-0.3, -0.25) is 14.5 Å². The van der Waals surface area contributed by atoms with Crippen molar-refractivity contribution in [3.63, 3.8) is 0 Å². The lowest BCUT2D eigenvalue weighted by Crippen LogP contribution is -2.47. The fourth-order valence-corrected chi connectivity index (χ4v) is 3.03. The second kappa shape index (κ2) is 5.68. The SMILES string of the molecule is CC[C@]1(C)NC(=O)N(CC(=O)N[C@H]2CCc3nccn3C2)C1=O. The fraction of sp³-hybridized carbons (Fsp3) is 0.600. The highest BCUT2D eigenvalue weighted by Gasteiger charge is 2.47. The van der Waals surface area contributed by atoms with Gasteiger partial charge in [0, 0.05) is 31.4 Å². The first-order chi connectivity index (χ1) is 10.9. The first-order valence-electron chi connectivity index (χ1n) is 7.86. The average molecular weight is 319 g/mol. The van der Waals surface area contributed by atoms with Crippen molar-refractivity contribution in [2.75, 3.05) is 6.54 Å². The molecule has 0 unspecified atom stereocenters. The molecule has 0 aromatic carbocycles. The van der Waals surface area contributed by atoms with Crippen molar-refractivity contribution < 1.29 is 14.4 Å². The number of hydrogen-bond donors (Lipinski definition) is 2. The summed E-state index contributed by atoms with van der Waals surface area (Å²) in [6, 6.07) is -0.516. The topological polar surface area (TPSA) is 96.3 Å². The minimum atomic E-state index is -0.909. The number of urea groups is 1. The molecule has 1 fully saturated rings. The summed E-state index contributed by atoms with van der Waals surface area (Å²) in [7, 11) is 0. The van der Waals surface area contributed by atoms with Crippen molar-refractivity contribution in [1.82, 2.24) is 25.1 Å². The van der Waals surface area contributed by atoms with Crippen molar-refractivity contribution in [3.8, 4) is 0 Å². The van der Waals surface area contributed by atoms with E-state index in [1.165, 1.54) is 0 Å². The molecular formula is C15H21N5O3. The maximum absolute atomic E-state index is 12.3. The van der Waals surface area contributed by atoms with Crippen molar-refractivity contribution >= 4 is 17.8 Å². The predicted octanol–water partition coefficient (Wildman–Crippen LogP) is 0.0346. The van der Waals surface area contributed by atoms with Gasteiger partial charge in [-0.15, -0.1) is 0 Å². The van der Waals surface area contributed by atoms with Crippen LogP contribution in [0, 0.1) is 0 Å². The van der Waals surface area contributed by atoms with Crippen LogP contribution in [0.1, 0.15) is 32.5 Å². The van der Waals surface area contributed by atoms with Gasteiger partial charge >= 0.3 is 6.03 Å². The summed E-state index contributed by atoms with van der Waals surface area (Å²) < 4.78 is 2.01. The summed E-state index contributed by atoms with van der Waals surface area (Å²) in [4.78, 5) is 41.6. The number of aryl methyl sites for hydroxylation is 1. The monoisotopic (exact) mass is 319 g/mol. The largest absolute Gasteiger partial charge is 0.350 e. The van der Waals surface area contributed by atoms with Crippen molar-refractivity contribution in [1.29, 1.82) is 0 Å². The molecule has 2 N–H and O–H groups in total. The standard InChI is InChI=1S/C15H21N5O3/c1-3-15(2)13(22)20(14(23)18-15)9-12(21)17-10-4-5-11-16-6-7-19(11)8-10/h6-7,10H,3-5,8-9H2,1-2H3,(H,17,21)(H,18,23)/t10-,15-/m0/s1. The average Bonchev–Trinajstić information content (AvgIpc) is 3.06. The minimum absolute atomic E-state index is 0.0116. The normalized spacial score (nSPS) is 26.9. The highest BCUT2D eigenvalue weighted by Crippen LogP contribution is 2.20. The molecule has 1 saturated heterocycles. The van der Waals surface area contributed by atoms with Crippen LogP contribution in [0.15, 0.2) is 12.4 Å². The van der Waals surface area contributed by atoms with E-state index < -0.39 is 11.6 Å². The van der Waals surface area contributed by atoms with Gasteiger partial charge in [0.05, 0.1) is 0 Å². The summed E-state index contributed by atoms with van der Waals surface area (Å²) in [5.74, 6) is 0.353. The summed E-state index contributed by atoms with van der Waals surface area (Å²) in [5, 5.41) is 5.54. The smallest absolute Gasteiger partial charge is 0.325 e. The third kappa shape index (κ3) is 2.80. The van der Waals surface area contributed by atoms with E-state index in [4.69, 9.17) is 0 Å². The highest BCUT2D eigenvalue weighted by atomic mass is 16.2. The number of carbonyl (C=O) groups excluding carboxylic acids is 3. The second-order valence-electron chi connectivity index (χ2n) is 6.31. The molecule has 124 valence electrons. The minimum Gasteiger partial charge on any atom is -0.350 e. The van der Waals surface area contributed by atoms with E-state index in [1.807, 2.05) is 17.7 Å². The first-order valence-corrected chi connectivity index (χ1v) is 7.86. The number of nitrogens with one attached hydrogen (secondary N) is 2. The van der Waals surface area contributed by atoms with Crippen LogP contribution in [0.25, 0.3) is 0 Å². The Bertz CT molecular complexity index is 655. The van der Waals surface area contributed by atoms with Crippen LogP contribution in [-0.2, 0) is 22.6 Å². The Morgan fingerprint density at radius 3 is 3.00 bits per heavy atom. The number of nitrogens with zero attached hydrogens (tertiary/aromatic N) is 3. The van der Waals surface area contributed by atoms with E-state index in [2.05, 4.69) is 15.6 Å². The number of amides is 4. The Morgan fingerprint density at radius 2 is 2.30 bits per heavy atom. The van der Waals surface area contributed by atoms with Gasteiger partial charge in [-0.2, -0.15) is 0 Å². The van der Waals surface area contributed by atoms with Gasteiger partial charge in [-0.1, -0.05) is 6.92 Å². The molecule has 8 nitrogen and oxygen atoms in total. The van der Waals surface area contributed by atoms with Gasteiger partial charge in [0.25, 0.3) is 5.91 Å². The van der Waals surface area contributed by atoms with E-state index in [9.17, 15) is 14.4 Å². The maximum atomic E-state index is 12.3. The Balaban J connectivity index is 1.58. The molecule has 8 heteroatoms. The molecular weight excluding hydrogens is 298 g/mol. The van der Waals surface area contributed by atoms with Crippen LogP contribution in [0.4, 0.5) is 4.79 Å². The molecule has 0 saturated carbocycles. The van der Waals surface area contributed by atoms with Crippen LogP contribution in [0.5, 0.6) is 0 Å². The number of carbonyl (C=O) groups is 3. The molecule has 2 atom stereocenters. The molecule has 2 aliphatic heterocycles. The van der Waals surface area contributed by atoms with Gasteiger partial charge < -0.3 is 15.2 Å². The summed E-state index contributed by atoms with van der Waals surface area (Å²) in [6.07, 6.45) is 5.72. The van der Waals surface area contributed by atoms with Crippen molar-refractivity contribution in [3.05, 3.63) is 18.2 Å². The number of imidazole rings is 1. The number of rotatable bonds is 4. The molecule has 23 heavy (non-hydrogen) atoms. The molecule has 0 radical (unpaired) electrons. The van der Waals surface area contributed by atoms with Crippen LogP contribution >= 0.6 is 0 Å². The van der Waals surface area contributed by atoms with Crippen LogP contribution in [0.3, 0.4) is 0 Å². The number of fused-ring (bicyclic) bond motifs is 1. The van der Waals surface area contributed by atoms with Gasteiger partial charge in [-0.05, 0) is 19.8 Å². The Morgan fingerprint density at radius 1 is 1.52 bits per heavy atom. The third-order valence-electron chi connectivity index (χ3n) is 4.65. The van der Waals surface area contributed by atoms with E-state index in [0.29, 0.717) is 13.0 Å². The van der Waals surface area contributed by atoms with Crippen molar-refractivity contribution in [2.45, 2.75) is 51.2 Å². The molecule has 3 heterocycles. The number of hydrogen-bond acceptors (Lipinski definition) is 4. The molecule has 1 aromatic heterocycles. The lowest BCUT2D eigenvalue weighted by Gasteiger charge is -2.25. The van der Waals surface area contributed by atoms with Crippen molar-refractivity contribution in [2.24, 2.45) is 0 Å². The summed E-state index contributed by atoms with van der Waals surface area (Å²) in [5.41, 5.74) is -0.909. The third-order valence-corrected chi connectivity index (χ3v) is 4.65. The molecule has 0 aliphatic carbocycles. The zero-order valence-corrected chi connectivity index (χ0v) is 13.3. The highest BCUT2D eigenvalue weighted by molar-refractivity contribution is 6.08. The molecule has 2 aliphatic rings. The maximum Gasteiger partial charge on any atom is 0.325 e. The van der Waals surface area contributed by atoms with E-state index in [1.54, 1.807) is 13.1 Å². The Kier molecular flexibility index (Phi) is 3.83. The van der Waals surface area contributed by atoms with E-state index >= 15 is 0 Å². The van der Waals surface area contributed by atoms with Crippen LogP contribution in [0.2, 0.25) is 0 Å². The zero-order valence-electron chi connectivity index (χ0n) is 13.3. The van der Waals surface area contributed by atoms with Gasteiger partial charge in [0.2, 0.25) is 5.91 Å². The number of imide groups is 1. The predicted molar refractivity (Wildman–Crippen MR) is 81.4 cm³/mol. The molecule has 0 spiro atoms. The quantitative estimate of drug-likeness (QED) is 0.766. The van der Waals surface area contributed by atoms with Gasteiger partial charge in [0.15, 0.2) is 0 Å². The molecule has 0 bridgehead atoms. The lowest BCUT2D eigenvalue weighted by molar-refractivity contribution is -0.134. The van der Waals surface area contributed by atoms with Gasteiger partial charge in [0.1, 0.15) is 17.9 Å². The Labute approximate surface area is 134 Å². The fourth-order valence-electron chi connectivity index (χ4n) is 3.03. The van der Waals surface area contributed by atoms with Crippen LogP contribution in [-0.4, -0.2) is 50.4 Å². The van der Waals surface area contributed by atoms with Crippen LogP contribution < -0.4 is 10.6 Å². The zero-order chi connectivity index (χ0) is 16.6. The summed E-state index contributed by atoms with van der Waals surface area (Å²) in [6.45, 7) is 3.92. The van der Waals surface area contributed by atoms with E-state index in [-0.39, 0.29) is 24.4 Å². The number of aromatic nitrogens is 2. The summed E-state index contributed by atoms with van der Waals surface area (Å²) >= 11 is 0. The van der Waals surface area contributed by atoms with Gasteiger partial charge in [-0.25, -0.2) is 9.78 Å². The molecule has 3 rings (SSSR count). The lowest BCUT2D eigenvalue weighted by atomic mass is 9.99. The van der Waals surface area contributed by atoms with E-state index in [0.717, 1.165) is 23.6 Å². The Hall–Kier alpha value is -2.38. The second-order valence-corrected chi connectivity index (χ2v) is 6.31.